The van der Waals surface area contributed by atoms with Gasteiger partial charge in [-0.15, -0.1) is 0 Å². The minimum atomic E-state index is -0.0260. The first-order valence-corrected chi connectivity index (χ1v) is 9.40. The number of carbonyl (C=O) groups excluding carboxylic acids is 1. The van der Waals surface area contributed by atoms with Crippen molar-refractivity contribution in [3.8, 4) is 11.6 Å². The van der Waals surface area contributed by atoms with Gasteiger partial charge in [0.2, 0.25) is 11.8 Å². The Morgan fingerprint density at radius 3 is 2.54 bits per heavy atom. The van der Waals surface area contributed by atoms with Gasteiger partial charge in [-0.25, -0.2) is 4.98 Å². The standard InChI is InChI=1S/C22H26N4O2/c1-14-7-5-8-15(2)21(14)28-22-18(9-6-12-23-22)13-24-20(27)11-10-19-16(3)17(4)25-26-19/h5-9,12H,10-11,13H2,1-4H3,(H,24,27)(H,25,26). The van der Waals surface area contributed by atoms with Crippen molar-refractivity contribution in [2.45, 2.75) is 47.1 Å². The number of carbonyl (C=O) groups is 1. The number of H-pyrrole nitrogens is 1. The summed E-state index contributed by atoms with van der Waals surface area (Å²) in [6.45, 7) is 8.37. The summed E-state index contributed by atoms with van der Waals surface area (Å²) in [5, 5.41) is 10.2. The lowest BCUT2D eigenvalue weighted by Crippen LogP contribution is -2.23. The van der Waals surface area contributed by atoms with Crippen LogP contribution in [-0.2, 0) is 17.8 Å². The molecule has 0 unspecified atom stereocenters. The van der Waals surface area contributed by atoms with Crippen LogP contribution in [0.4, 0.5) is 0 Å². The molecule has 2 heterocycles. The average Bonchev–Trinajstić information content (AvgIpc) is 3.00. The molecule has 0 bridgehead atoms. The molecule has 3 rings (SSSR count). The lowest BCUT2D eigenvalue weighted by Gasteiger charge is -2.14. The van der Waals surface area contributed by atoms with E-state index in [1.807, 2.05) is 58.0 Å². The highest BCUT2D eigenvalue weighted by Gasteiger charge is 2.12. The van der Waals surface area contributed by atoms with Crippen molar-refractivity contribution in [2.75, 3.05) is 0 Å². The van der Waals surface area contributed by atoms with Crippen molar-refractivity contribution in [1.82, 2.24) is 20.5 Å². The highest BCUT2D eigenvalue weighted by atomic mass is 16.5. The predicted molar refractivity (Wildman–Crippen MR) is 108 cm³/mol. The van der Waals surface area contributed by atoms with Crippen LogP contribution in [0.5, 0.6) is 11.6 Å². The SMILES string of the molecule is Cc1cccc(C)c1Oc1ncccc1CNC(=O)CCc1n[nH]c(C)c1C. The van der Waals surface area contributed by atoms with Gasteiger partial charge in [-0.3, -0.25) is 9.89 Å². The lowest BCUT2D eigenvalue weighted by atomic mass is 10.1. The number of amides is 1. The number of nitrogens with one attached hydrogen (secondary N) is 2. The van der Waals surface area contributed by atoms with Crippen LogP contribution in [0.3, 0.4) is 0 Å². The lowest BCUT2D eigenvalue weighted by molar-refractivity contribution is -0.121. The maximum absolute atomic E-state index is 12.3. The topological polar surface area (TPSA) is 79.9 Å². The van der Waals surface area contributed by atoms with E-state index < -0.39 is 0 Å². The van der Waals surface area contributed by atoms with Gasteiger partial charge in [0.25, 0.3) is 0 Å². The fourth-order valence-electron chi connectivity index (χ4n) is 3.00. The number of aromatic nitrogens is 3. The summed E-state index contributed by atoms with van der Waals surface area (Å²) in [7, 11) is 0. The Labute approximate surface area is 165 Å². The monoisotopic (exact) mass is 378 g/mol. The third-order valence-corrected chi connectivity index (χ3v) is 4.88. The van der Waals surface area contributed by atoms with E-state index in [1.54, 1.807) is 6.20 Å². The molecular formula is C22H26N4O2. The van der Waals surface area contributed by atoms with Gasteiger partial charge in [-0.1, -0.05) is 24.3 Å². The molecule has 6 nitrogen and oxygen atoms in total. The van der Waals surface area contributed by atoms with Crippen LogP contribution in [0.2, 0.25) is 0 Å². The Bertz CT molecular complexity index is 958. The second kappa shape index (κ2) is 8.69. The molecule has 0 saturated heterocycles. The summed E-state index contributed by atoms with van der Waals surface area (Å²) in [4.78, 5) is 16.6. The zero-order chi connectivity index (χ0) is 20.1. The molecular weight excluding hydrogens is 352 g/mol. The van der Waals surface area contributed by atoms with E-state index in [4.69, 9.17) is 4.74 Å². The third kappa shape index (κ3) is 4.57. The van der Waals surface area contributed by atoms with Gasteiger partial charge in [0, 0.05) is 36.8 Å². The number of rotatable bonds is 7. The van der Waals surface area contributed by atoms with E-state index in [9.17, 15) is 4.79 Å². The zero-order valence-electron chi connectivity index (χ0n) is 16.8. The average molecular weight is 378 g/mol. The maximum atomic E-state index is 12.3. The molecule has 0 atom stereocenters. The van der Waals surface area contributed by atoms with E-state index in [1.165, 1.54) is 0 Å². The molecule has 1 aromatic carbocycles. The summed E-state index contributed by atoms with van der Waals surface area (Å²) in [6, 6.07) is 9.77. The van der Waals surface area contributed by atoms with Crippen LogP contribution in [0.1, 0.15) is 40.1 Å². The first-order valence-electron chi connectivity index (χ1n) is 9.40. The molecule has 0 aliphatic rings. The molecule has 3 aromatic rings. The van der Waals surface area contributed by atoms with Crippen LogP contribution in [0, 0.1) is 27.7 Å². The molecule has 0 aliphatic heterocycles. The Morgan fingerprint density at radius 1 is 1.11 bits per heavy atom. The Balaban J connectivity index is 1.62. The molecule has 2 N–H and O–H groups in total. The summed E-state index contributed by atoms with van der Waals surface area (Å²) in [5.74, 6) is 1.29. The minimum absolute atomic E-state index is 0.0260. The van der Waals surface area contributed by atoms with Crippen LogP contribution < -0.4 is 10.1 Å². The Morgan fingerprint density at radius 2 is 1.86 bits per heavy atom. The largest absolute Gasteiger partial charge is 0.438 e. The number of pyridine rings is 1. The van der Waals surface area contributed by atoms with Crippen LogP contribution in [0.25, 0.3) is 0 Å². The van der Waals surface area contributed by atoms with E-state index in [2.05, 4.69) is 20.5 Å². The normalized spacial score (nSPS) is 10.7. The quantitative estimate of drug-likeness (QED) is 0.649. The second-order valence-corrected chi connectivity index (χ2v) is 6.99. The molecule has 28 heavy (non-hydrogen) atoms. The molecule has 2 aromatic heterocycles. The van der Waals surface area contributed by atoms with Gasteiger partial charge in [0.15, 0.2) is 0 Å². The second-order valence-electron chi connectivity index (χ2n) is 6.99. The van der Waals surface area contributed by atoms with E-state index in [0.717, 1.165) is 39.4 Å². The Hall–Kier alpha value is -3.15. The number of ether oxygens (including phenoxy) is 1. The Kier molecular flexibility index (Phi) is 6.09. The van der Waals surface area contributed by atoms with Crippen LogP contribution >= 0.6 is 0 Å². The molecule has 0 spiro atoms. The van der Waals surface area contributed by atoms with Gasteiger partial charge < -0.3 is 10.1 Å². The number of aryl methyl sites for hydroxylation is 4. The van der Waals surface area contributed by atoms with Gasteiger partial charge >= 0.3 is 0 Å². The molecule has 0 radical (unpaired) electrons. The number of nitrogens with zero attached hydrogens (tertiary/aromatic N) is 2. The molecule has 0 aliphatic carbocycles. The summed E-state index contributed by atoms with van der Waals surface area (Å²) in [5.41, 5.74) is 6.03. The van der Waals surface area contributed by atoms with E-state index in [0.29, 0.717) is 25.3 Å². The van der Waals surface area contributed by atoms with Crippen molar-refractivity contribution < 1.29 is 9.53 Å². The molecule has 0 fully saturated rings. The van der Waals surface area contributed by atoms with Gasteiger partial charge in [-0.05, 0) is 50.5 Å². The fourth-order valence-corrected chi connectivity index (χ4v) is 3.00. The molecule has 6 heteroatoms. The van der Waals surface area contributed by atoms with Crippen molar-refractivity contribution in [3.05, 3.63) is 70.2 Å². The summed E-state index contributed by atoms with van der Waals surface area (Å²) >= 11 is 0. The van der Waals surface area contributed by atoms with Gasteiger partial charge in [0.05, 0.1) is 5.69 Å². The van der Waals surface area contributed by atoms with Crippen molar-refractivity contribution in [3.63, 3.8) is 0 Å². The maximum Gasteiger partial charge on any atom is 0.224 e. The first kappa shape index (κ1) is 19.6. The van der Waals surface area contributed by atoms with Gasteiger partial charge in [-0.2, -0.15) is 5.10 Å². The zero-order valence-corrected chi connectivity index (χ0v) is 16.8. The predicted octanol–water partition coefficient (Wildman–Crippen LogP) is 4.08. The van der Waals surface area contributed by atoms with E-state index >= 15 is 0 Å². The summed E-state index contributed by atoms with van der Waals surface area (Å²) < 4.78 is 6.07. The van der Waals surface area contributed by atoms with Crippen molar-refractivity contribution in [1.29, 1.82) is 0 Å². The fraction of sp³-hybridized carbons (Fsp3) is 0.318. The van der Waals surface area contributed by atoms with E-state index in [-0.39, 0.29) is 5.91 Å². The first-order chi connectivity index (χ1) is 13.5. The minimum Gasteiger partial charge on any atom is -0.438 e. The number of hydrogen-bond acceptors (Lipinski definition) is 4. The number of benzene rings is 1. The van der Waals surface area contributed by atoms with Gasteiger partial charge in [0.1, 0.15) is 5.75 Å². The molecule has 1 amide bonds. The van der Waals surface area contributed by atoms with Crippen LogP contribution in [0.15, 0.2) is 36.5 Å². The van der Waals surface area contributed by atoms with Crippen LogP contribution in [-0.4, -0.2) is 21.1 Å². The highest BCUT2D eigenvalue weighted by Crippen LogP contribution is 2.29. The summed E-state index contributed by atoms with van der Waals surface area (Å²) in [6.07, 6.45) is 2.69. The number of para-hydroxylation sites is 1. The number of hydrogen-bond donors (Lipinski definition) is 2. The smallest absolute Gasteiger partial charge is 0.224 e. The van der Waals surface area contributed by atoms with Crippen molar-refractivity contribution in [2.24, 2.45) is 0 Å². The molecule has 0 saturated carbocycles. The highest BCUT2D eigenvalue weighted by molar-refractivity contribution is 5.76. The molecule has 146 valence electrons. The number of aromatic amines is 1. The van der Waals surface area contributed by atoms with Crippen molar-refractivity contribution >= 4 is 5.91 Å². The third-order valence-electron chi connectivity index (χ3n) is 4.88.